The molecule has 0 bridgehead atoms. The molecule has 0 saturated heterocycles. The highest BCUT2D eigenvalue weighted by Gasteiger charge is 2.31. The maximum absolute atomic E-state index is 8.97. The minimum Gasteiger partial charge on any atom is -0.367 e. The molecule has 0 spiro atoms. The van der Waals surface area contributed by atoms with Gasteiger partial charge in [0.05, 0.1) is 11.6 Å². The highest BCUT2D eigenvalue weighted by atomic mass is 15.0. The number of anilines is 1. The Balaban J connectivity index is 2.11. The molecule has 2 rings (SSSR count). The number of hydrogen-bond acceptors (Lipinski definition) is 3. The average molecular weight is 243 g/mol. The summed E-state index contributed by atoms with van der Waals surface area (Å²) in [6, 6.07) is 6.34. The molecular weight excluding hydrogens is 222 g/mol. The van der Waals surface area contributed by atoms with Gasteiger partial charge in [0.25, 0.3) is 0 Å². The van der Waals surface area contributed by atoms with E-state index in [4.69, 9.17) is 5.26 Å². The first-order valence-electron chi connectivity index (χ1n) is 6.79. The number of aromatic nitrogens is 1. The molecule has 1 aromatic rings. The minimum absolute atomic E-state index is 0.496. The van der Waals surface area contributed by atoms with Crippen LogP contribution >= 0.6 is 0 Å². The molecule has 96 valence electrons. The van der Waals surface area contributed by atoms with Gasteiger partial charge >= 0.3 is 0 Å². The van der Waals surface area contributed by atoms with E-state index in [1.165, 1.54) is 19.3 Å². The van der Waals surface area contributed by atoms with Crippen molar-refractivity contribution in [3.63, 3.8) is 0 Å². The van der Waals surface area contributed by atoms with Gasteiger partial charge in [-0.25, -0.2) is 4.98 Å². The molecule has 3 heteroatoms. The third kappa shape index (κ3) is 2.64. The molecule has 3 nitrogen and oxygen atoms in total. The fourth-order valence-electron chi connectivity index (χ4n) is 3.02. The van der Waals surface area contributed by atoms with Crippen LogP contribution in [-0.4, -0.2) is 11.0 Å². The molecule has 0 radical (unpaired) electrons. The van der Waals surface area contributed by atoms with Crippen molar-refractivity contribution in [1.82, 2.24) is 4.98 Å². The number of nitrogens with one attached hydrogen (secondary N) is 1. The van der Waals surface area contributed by atoms with E-state index in [1.807, 2.05) is 19.1 Å². The van der Waals surface area contributed by atoms with Gasteiger partial charge in [-0.2, -0.15) is 5.26 Å². The van der Waals surface area contributed by atoms with Gasteiger partial charge in [0, 0.05) is 11.7 Å². The molecule has 1 aliphatic carbocycles. The summed E-state index contributed by atoms with van der Waals surface area (Å²) < 4.78 is 0. The van der Waals surface area contributed by atoms with Gasteiger partial charge in [-0.15, -0.1) is 0 Å². The molecule has 1 N–H and O–H groups in total. The van der Waals surface area contributed by atoms with Gasteiger partial charge in [0.2, 0.25) is 0 Å². The third-order valence-corrected chi connectivity index (χ3v) is 4.17. The predicted octanol–water partition coefficient (Wildman–Crippen LogP) is 3.50. The van der Waals surface area contributed by atoms with Crippen LogP contribution in [0.2, 0.25) is 0 Å². The normalized spacial score (nSPS) is 26.9. The van der Waals surface area contributed by atoms with Crippen molar-refractivity contribution in [2.75, 3.05) is 5.32 Å². The second-order valence-corrected chi connectivity index (χ2v) is 5.35. The van der Waals surface area contributed by atoms with E-state index in [9.17, 15) is 0 Å². The second-order valence-electron chi connectivity index (χ2n) is 5.35. The van der Waals surface area contributed by atoms with Crippen LogP contribution in [-0.2, 0) is 0 Å². The van der Waals surface area contributed by atoms with E-state index >= 15 is 0 Å². The molecule has 0 aromatic carbocycles. The standard InChI is InChI=1S/C15H21N3/c1-4-13-5-6-14(11(13)3)18-15-8-12(9-16)7-10(2)17-15/h7-8,11,13-14H,4-6H2,1-3H3,(H,17,18). The van der Waals surface area contributed by atoms with Gasteiger partial charge < -0.3 is 5.32 Å². The van der Waals surface area contributed by atoms with Crippen LogP contribution in [0.4, 0.5) is 5.82 Å². The first-order chi connectivity index (χ1) is 8.63. The van der Waals surface area contributed by atoms with Gasteiger partial charge in [-0.1, -0.05) is 20.3 Å². The Labute approximate surface area is 109 Å². The Bertz CT molecular complexity index is 461. The number of rotatable bonds is 3. The zero-order valence-corrected chi connectivity index (χ0v) is 11.4. The summed E-state index contributed by atoms with van der Waals surface area (Å²) in [5, 5.41) is 12.5. The largest absolute Gasteiger partial charge is 0.367 e. The predicted molar refractivity (Wildman–Crippen MR) is 73.3 cm³/mol. The fraction of sp³-hybridized carbons (Fsp3) is 0.600. The van der Waals surface area contributed by atoms with E-state index in [0.29, 0.717) is 17.5 Å². The number of nitriles is 1. The molecule has 3 unspecified atom stereocenters. The van der Waals surface area contributed by atoms with Crippen LogP contribution in [0, 0.1) is 30.1 Å². The van der Waals surface area contributed by atoms with E-state index < -0.39 is 0 Å². The molecule has 1 aromatic heterocycles. The summed E-state index contributed by atoms with van der Waals surface area (Å²) in [5.41, 5.74) is 1.58. The lowest BCUT2D eigenvalue weighted by Gasteiger charge is -2.21. The molecular formula is C15H21N3. The number of pyridine rings is 1. The molecule has 3 atom stereocenters. The monoisotopic (exact) mass is 243 g/mol. The smallest absolute Gasteiger partial charge is 0.127 e. The van der Waals surface area contributed by atoms with Gasteiger partial charge in [0.1, 0.15) is 5.82 Å². The second kappa shape index (κ2) is 5.39. The highest BCUT2D eigenvalue weighted by Crippen LogP contribution is 2.35. The number of hydrogen-bond donors (Lipinski definition) is 1. The number of aryl methyl sites for hydroxylation is 1. The maximum atomic E-state index is 8.97. The first-order valence-corrected chi connectivity index (χ1v) is 6.79. The molecule has 0 amide bonds. The first kappa shape index (κ1) is 12.9. The third-order valence-electron chi connectivity index (χ3n) is 4.17. The lowest BCUT2D eigenvalue weighted by molar-refractivity contribution is 0.391. The zero-order chi connectivity index (χ0) is 13.1. The maximum Gasteiger partial charge on any atom is 0.127 e. The minimum atomic E-state index is 0.496. The summed E-state index contributed by atoms with van der Waals surface area (Å²) in [7, 11) is 0. The summed E-state index contributed by atoms with van der Waals surface area (Å²) >= 11 is 0. The van der Waals surface area contributed by atoms with Crippen LogP contribution in [0.1, 0.15) is 44.4 Å². The van der Waals surface area contributed by atoms with Crippen molar-refractivity contribution in [3.8, 4) is 6.07 Å². The highest BCUT2D eigenvalue weighted by molar-refractivity contribution is 5.45. The van der Waals surface area contributed by atoms with Crippen molar-refractivity contribution in [3.05, 3.63) is 23.4 Å². The Morgan fingerprint density at radius 3 is 2.83 bits per heavy atom. The van der Waals surface area contributed by atoms with E-state index in [-0.39, 0.29) is 0 Å². The Morgan fingerprint density at radius 1 is 1.44 bits per heavy atom. The lowest BCUT2D eigenvalue weighted by atomic mass is 9.93. The van der Waals surface area contributed by atoms with Crippen LogP contribution in [0.3, 0.4) is 0 Å². The SMILES string of the molecule is CCC1CCC(Nc2cc(C#N)cc(C)n2)C1C. The van der Waals surface area contributed by atoms with Gasteiger partial charge in [-0.05, 0) is 43.7 Å². The molecule has 0 aliphatic heterocycles. The Morgan fingerprint density at radius 2 is 2.22 bits per heavy atom. The quantitative estimate of drug-likeness (QED) is 0.884. The summed E-state index contributed by atoms with van der Waals surface area (Å²) in [4.78, 5) is 4.47. The number of nitrogens with zero attached hydrogens (tertiary/aromatic N) is 2. The van der Waals surface area contributed by atoms with E-state index in [1.54, 1.807) is 0 Å². The van der Waals surface area contributed by atoms with Crippen molar-refractivity contribution >= 4 is 5.82 Å². The van der Waals surface area contributed by atoms with Crippen LogP contribution in [0.25, 0.3) is 0 Å². The van der Waals surface area contributed by atoms with Gasteiger partial charge in [-0.3, -0.25) is 0 Å². The zero-order valence-electron chi connectivity index (χ0n) is 11.4. The Kier molecular flexibility index (Phi) is 3.86. The average Bonchev–Trinajstić information content (AvgIpc) is 2.70. The van der Waals surface area contributed by atoms with E-state index in [2.05, 4.69) is 30.2 Å². The van der Waals surface area contributed by atoms with Crippen molar-refractivity contribution < 1.29 is 0 Å². The van der Waals surface area contributed by atoms with Crippen molar-refractivity contribution in [2.24, 2.45) is 11.8 Å². The molecule has 1 aliphatic rings. The molecule has 18 heavy (non-hydrogen) atoms. The van der Waals surface area contributed by atoms with Crippen molar-refractivity contribution in [1.29, 1.82) is 5.26 Å². The van der Waals surface area contributed by atoms with E-state index in [0.717, 1.165) is 17.4 Å². The van der Waals surface area contributed by atoms with Crippen LogP contribution in [0.15, 0.2) is 12.1 Å². The summed E-state index contributed by atoms with van der Waals surface area (Å²) in [6.07, 6.45) is 3.76. The summed E-state index contributed by atoms with van der Waals surface area (Å²) in [5.74, 6) is 2.35. The fourth-order valence-corrected chi connectivity index (χ4v) is 3.02. The topological polar surface area (TPSA) is 48.7 Å². The van der Waals surface area contributed by atoms with Crippen LogP contribution in [0.5, 0.6) is 0 Å². The van der Waals surface area contributed by atoms with Crippen LogP contribution < -0.4 is 5.32 Å². The molecule has 1 saturated carbocycles. The summed E-state index contributed by atoms with van der Waals surface area (Å²) in [6.45, 7) is 6.51. The van der Waals surface area contributed by atoms with Crippen molar-refractivity contribution in [2.45, 2.75) is 46.1 Å². The van der Waals surface area contributed by atoms with Gasteiger partial charge in [0.15, 0.2) is 0 Å². The molecule has 1 fully saturated rings. The molecule has 1 heterocycles. The Hall–Kier alpha value is -1.56. The lowest BCUT2D eigenvalue weighted by Crippen LogP contribution is -2.25.